The topological polar surface area (TPSA) is 44.8 Å². The number of rotatable bonds is 4. The van der Waals surface area contributed by atoms with Gasteiger partial charge in [0.05, 0.1) is 25.9 Å². The third kappa shape index (κ3) is 4.32. The quantitative estimate of drug-likeness (QED) is 0.485. The van der Waals surface area contributed by atoms with E-state index in [9.17, 15) is 4.79 Å². The van der Waals surface area contributed by atoms with Crippen molar-refractivity contribution in [1.29, 1.82) is 0 Å². The second-order valence-electron chi connectivity index (χ2n) is 5.02. The van der Waals surface area contributed by atoms with Crippen LogP contribution in [0.4, 0.5) is 0 Å². The lowest BCUT2D eigenvalue weighted by Gasteiger charge is -2.21. The number of ether oxygens (including phenoxy) is 3. The first-order valence-electron chi connectivity index (χ1n) is 7.09. The van der Waals surface area contributed by atoms with Crippen LogP contribution in [-0.4, -0.2) is 32.1 Å². The van der Waals surface area contributed by atoms with E-state index in [1.165, 1.54) is 7.11 Å². The van der Waals surface area contributed by atoms with Crippen molar-refractivity contribution >= 4 is 5.97 Å². The normalized spacial score (nSPS) is 16.1. The van der Waals surface area contributed by atoms with Crippen LogP contribution >= 0.6 is 0 Å². The lowest BCUT2D eigenvalue weighted by molar-refractivity contribution is -0.147. The van der Waals surface area contributed by atoms with Gasteiger partial charge in [-0.3, -0.25) is 0 Å². The third-order valence-electron chi connectivity index (χ3n) is 3.39. The molecule has 2 rings (SSSR count). The monoisotopic (exact) mass is 288 g/mol. The highest BCUT2D eigenvalue weighted by Crippen LogP contribution is 2.24. The number of benzene rings is 1. The highest BCUT2D eigenvalue weighted by Gasteiger charge is 2.29. The molecule has 21 heavy (non-hydrogen) atoms. The Morgan fingerprint density at radius 3 is 2.76 bits per heavy atom. The Morgan fingerprint density at radius 2 is 2.05 bits per heavy atom. The van der Waals surface area contributed by atoms with Crippen LogP contribution in [0.1, 0.15) is 42.1 Å². The van der Waals surface area contributed by atoms with Gasteiger partial charge >= 0.3 is 5.97 Å². The third-order valence-corrected chi connectivity index (χ3v) is 3.39. The number of hydrogen-bond donors (Lipinski definition) is 0. The molecule has 0 aliphatic carbocycles. The molecule has 1 saturated heterocycles. The van der Waals surface area contributed by atoms with Crippen molar-refractivity contribution in [2.75, 3.05) is 20.3 Å². The van der Waals surface area contributed by atoms with Crippen molar-refractivity contribution in [2.24, 2.45) is 0 Å². The van der Waals surface area contributed by atoms with Crippen LogP contribution in [0.3, 0.4) is 0 Å². The Balaban J connectivity index is 1.89. The van der Waals surface area contributed by atoms with Gasteiger partial charge in [-0.1, -0.05) is 24.0 Å². The molecule has 0 N–H and O–H groups in total. The van der Waals surface area contributed by atoms with Crippen LogP contribution in [0.5, 0.6) is 0 Å². The molecular weight excluding hydrogens is 268 g/mol. The Bertz CT molecular complexity index is 547. The molecule has 1 fully saturated rings. The number of hydrogen-bond acceptors (Lipinski definition) is 4. The summed E-state index contributed by atoms with van der Waals surface area (Å²) in [6, 6.07) is 7.20. The van der Waals surface area contributed by atoms with Crippen LogP contribution in [0.2, 0.25) is 0 Å². The first-order valence-corrected chi connectivity index (χ1v) is 7.09. The molecule has 1 aliphatic rings. The molecule has 1 aliphatic heterocycles. The zero-order valence-corrected chi connectivity index (χ0v) is 12.5. The minimum atomic E-state index is -0.453. The molecule has 0 saturated carbocycles. The van der Waals surface area contributed by atoms with Crippen LogP contribution in [0.25, 0.3) is 0 Å². The van der Waals surface area contributed by atoms with Crippen molar-refractivity contribution in [3.63, 3.8) is 0 Å². The molecule has 1 aromatic rings. The molecule has 0 amide bonds. The van der Waals surface area contributed by atoms with E-state index in [4.69, 9.17) is 14.2 Å². The van der Waals surface area contributed by atoms with Gasteiger partial charge in [0.2, 0.25) is 0 Å². The summed E-state index contributed by atoms with van der Waals surface area (Å²) in [6.45, 7) is 3.28. The van der Waals surface area contributed by atoms with Crippen molar-refractivity contribution < 1.29 is 19.0 Å². The molecule has 1 heterocycles. The van der Waals surface area contributed by atoms with Gasteiger partial charge in [-0.2, -0.15) is 0 Å². The Morgan fingerprint density at radius 1 is 1.33 bits per heavy atom. The Hall–Kier alpha value is -1.83. The first kappa shape index (κ1) is 15.6. The van der Waals surface area contributed by atoms with E-state index in [1.807, 2.05) is 19.1 Å². The number of esters is 1. The fraction of sp³-hybridized carbons (Fsp3) is 0.471. The summed E-state index contributed by atoms with van der Waals surface area (Å²) in [5, 5.41) is 0. The van der Waals surface area contributed by atoms with Gasteiger partial charge in [-0.15, -0.1) is 0 Å². The number of unbranched alkanes of at least 4 members (excludes halogenated alkanes) is 1. The summed E-state index contributed by atoms with van der Waals surface area (Å²) in [7, 11) is 1.37. The predicted molar refractivity (Wildman–Crippen MR) is 78.8 cm³/mol. The van der Waals surface area contributed by atoms with Crippen LogP contribution in [0.15, 0.2) is 24.3 Å². The maximum absolute atomic E-state index is 11.6. The van der Waals surface area contributed by atoms with Crippen molar-refractivity contribution in [3.8, 4) is 11.8 Å². The van der Waals surface area contributed by atoms with E-state index in [1.54, 1.807) is 12.1 Å². The van der Waals surface area contributed by atoms with Gasteiger partial charge in [0.25, 0.3) is 0 Å². The minimum absolute atomic E-state index is 0.361. The molecule has 1 aromatic carbocycles. The van der Waals surface area contributed by atoms with E-state index < -0.39 is 5.79 Å². The summed E-state index contributed by atoms with van der Waals surface area (Å²) < 4.78 is 15.8. The first-order chi connectivity index (χ1) is 10.1. The lowest BCUT2D eigenvalue weighted by Crippen LogP contribution is -2.24. The fourth-order valence-electron chi connectivity index (χ4n) is 2.24. The molecule has 4 nitrogen and oxygen atoms in total. The highest BCUT2D eigenvalue weighted by molar-refractivity contribution is 5.92. The smallest absolute Gasteiger partial charge is 0.339 e. The zero-order valence-electron chi connectivity index (χ0n) is 12.5. The summed E-state index contributed by atoms with van der Waals surface area (Å²) in [5.41, 5.74) is 1.20. The van der Waals surface area contributed by atoms with Gasteiger partial charge in [0.15, 0.2) is 5.79 Å². The van der Waals surface area contributed by atoms with Gasteiger partial charge in [-0.05, 0) is 25.5 Å². The maximum atomic E-state index is 11.6. The molecule has 112 valence electrons. The fourth-order valence-corrected chi connectivity index (χ4v) is 2.24. The molecular formula is C17H20O4. The van der Waals surface area contributed by atoms with Gasteiger partial charge in [0, 0.05) is 18.4 Å². The van der Waals surface area contributed by atoms with Crippen LogP contribution in [-0.2, 0) is 14.2 Å². The van der Waals surface area contributed by atoms with Crippen molar-refractivity contribution in [1.82, 2.24) is 0 Å². The SMILES string of the molecule is COC(=O)c1ccccc1C#CCCCC1(C)OCCO1. The molecule has 0 unspecified atom stereocenters. The second-order valence-corrected chi connectivity index (χ2v) is 5.02. The number of carbonyl (C=O) groups excluding carboxylic acids is 1. The van der Waals surface area contributed by atoms with E-state index in [2.05, 4.69) is 11.8 Å². The minimum Gasteiger partial charge on any atom is -0.465 e. The molecule has 0 spiro atoms. The molecule has 4 heteroatoms. The molecule has 0 atom stereocenters. The standard InChI is InChI=1S/C17H20O4/c1-17(20-12-13-21-17)11-7-3-4-8-14-9-5-6-10-15(14)16(18)19-2/h5-6,9-10H,3,7,11-13H2,1-2H3. The van der Waals surface area contributed by atoms with Gasteiger partial charge < -0.3 is 14.2 Å². The van der Waals surface area contributed by atoms with Crippen molar-refractivity contribution in [2.45, 2.75) is 32.0 Å². The Kier molecular flexibility index (Phi) is 5.38. The largest absolute Gasteiger partial charge is 0.465 e. The number of methoxy groups -OCH3 is 1. The molecule has 0 radical (unpaired) electrons. The lowest BCUT2D eigenvalue weighted by atomic mass is 10.1. The van der Waals surface area contributed by atoms with Gasteiger partial charge in [-0.25, -0.2) is 4.79 Å². The van der Waals surface area contributed by atoms with E-state index in [0.717, 1.165) is 19.3 Å². The molecule has 0 bridgehead atoms. The highest BCUT2D eigenvalue weighted by atomic mass is 16.7. The van der Waals surface area contributed by atoms with E-state index in [-0.39, 0.29) is 5.97 Å². The Labute approximate surface area is 125 Å². The van der Waals surface area contributed by atoms with E-state index >= 15 is 0 Å². The van der Waals surface area contributed by atoms with Crippen LogP contribution in [0, 0.1) is 11.8 Å². The summed E-state index contributed by atoms with van der Waals surface area (Å²) >= 11 is 0. The van der Waals surface area contributed by atoms with Crippen molar-refractivity contribution in [3.05, 3.63) is 35.4 Å². The van der Waals surface area contributed by atoms with Gasteiger partial charge in [0.1, 0.15) is 0 Å². The molecule has 0 aromatic heterocycles. The second kappa shape index (κ2) is 7.26. The predicted octanol–water partition coefficient (Wildman–Crippen LogP) is 2.76. The number of carbonyl (C=O) groups is 1. The maximum Gasteiger partial charge on any atom is 0.339 e. The average molecular weight is 288 g/mol. The zero-order chi connectivity index (χ0) is 15.1. The summed E-state index contributed by atoms with van der Waals surface area (Å²) in [5.74, 6) is 5.31. The van der Waals surface area contributed by atoms with Crippen LogP contribution < -0.4 is 0 Å². The average Bonchev–Trinajstić information content (AvgIpc) is 2.93. The summed E-state index contributed by atoms with van der Waals surface area (Å²) in [4.78, 5) is 11.6. The van der Waals surface area contributed by atoms with E-state index in [0.29, 0.717) is 24.3 Å². The summed E-state index contributed by atoms with van der Waals surface area (Å²) in [6.07, 6.45) is 2.45.